The minimum atomic E-state index is -3.67. The van der Waals surface area contributed by atoms with E-state index in [1.165, 1.54) is 6.92 Å². The molecule has 0 fully saturated rings. The van der Waals surface area contributed by atoms with Gasteiger partial charge < -0.3 is 5.32 Å². The van der Waals surface area contributed by atoms with Crippen LogP contribution < -0.4 is 10.0 Å². The van der Waals surface area contributed by atoms with Crippen molar-refractivity contribution in [1.82, 2.24) is 0 Å². The maximum atomic E-state index is 12.6. The predicted octanol–water partition coefficient (Wildman–Crippen LogP) is 5.18. The summed E-state index contributed by atoms with van der Waals surface area (Å²) < 4.78 is 28.4. The molecule has 5 nitrogen and oxygen atoms in total. The van der Waals surface area contributed by atoms with Gasteiger partial charge in [0.15, 0.2) is 0 Å². The van der Waals surface area contributed by atoms with E-state index in [4.69, 9.17) is 0 Å². The number of sulfonamides is 1. The van der Waals surface area contributed by atoms with Crippen LogP contribution in [0.1, 0.15) is 12.5 Å². The minimum absolute atomic E-state index is 0.124. The Morgan fingerprint density at radius 1 is 0.893 bits per heavy atom. The zero-order chi connectivity index (χ0) is 20.3. The monoisotopic (exact) mass is 458 g/mol. The van der Waals surface area contributed by atoms with Crippen LogP contribution in [0.4, 0.5) is 11.4 Å². The lowest BCUT2D eigenvalue weighted by molar-refractivity contribution is -0.114. The van der Waals surface area contributed by atoms with Gasteiger partial charge in [-0.1, -0.05) is 35.9 Å². The van der Waals surface area contributed by atoms with E-state index in [-0.39, 0.29) is 10.8 Å². The molecule has 7 heteroatoms. The van der Waals surface area contributed by atoms with Crippen LogP contribution >= 0.6 is 15.9 Å². The third-order valence-corrected chi connectivity index (χ3v) is 6.12. The van der Waals surface area contributed by atoms with Crippen LogP contribution in [0.2, 0.25) is 0 Å². The van der Waals surface area contributed by atoms with Crippen molar-refractivity contribution in [2.24, 2.45) is 0 Å². The number of rotatable bonds is 5. The van der Waals surface area contributed by atoms with Crippen LogP contribution in [-0.2, 0) is 14.8 Å². The lowest BCUT2D eigenvalue weighted by atomic mass is 10.1. The van der Waals surface area contributed by atoms with Crippen molar-refractivity contribution in [2.45, 2.75) is 18.7 Å². The molecular formula is C21H19BrN2O3S. The normalized spacial score (nSPS) is 11.1. The van der Waals surface area contributed by atoms with Crippen LogP contribution in [0.3, 0.4) is 0 Å². The molecule has 0 heterocycles. The molecule has 1 amide bonds. The summed E-state index contributed by atoms with van der Waals surface area (Å²) in [4.78, 5) is 11.3. The highest BCUT2D eigenvalue weighted by molar-refractivity contribution is 9.10. The molecule has 0 unspecified atom stereocenters. The summed E-state index contributed by atoms with van der Waals surface area (Å²) in [6, 6.07) is 19.5. The number of aryl methyl sites for hydroxylation is 1. The predicted molar refractivity (Wildman–Crippen MR) is 116 cm³/mol. The van der Waals surface area contributed by atoms with Gasteiger partial charge in [-0.05, 0) is 70.4 Å². The number of anilines is 2. The summed E-state index contributed by atoms with van der Waals surface area (Å²) >= 11 is 3.44. The Kier molecular flexibility index (Phi) is 5.86. The Labute approximate surface area is 173 Å². The number of amides is 1. The van der Waals surface area contributed by atoms with Gasteiger partial charge in [0.05, 0.1) is 10.6 Å². The number of carbonyl (C=O) groups is 1. The van der Waals surface area contributed by atoms with E-state index in [9.17, 15) is 13.2 Å². The number of hydrogen-bond donors (Lipinski definition) is 2. The molecule has 0 aromatic heterocycles. The van der Waals surface area contributed by atoms with E-state index in [1.54, 1.807) is 30.3 Å². The molecule has 0 saturated heterocycles. The molecule has 0 radical (unpaired) electrons. The first kappa shape index (κ1) is 20.1. The average molecular weight is 459 g/mol. The molecule has 0 spiro atoms. The number of hydrogen-bond acceptors (Lipinski definition) is 3. The zero-order valence-corrected chi connectivity index (χ0v) is 17.8. The van der Waals surface area contributed by atoms with E-state index in [2.05, 4.69) is 26.0 Å². The van der Waals surface area contributed by atoms with Crippen molar-refractivity contribution < 1.29 is 13.2 Å². The van der Waals surface area contributed by atoms with E-state index >= 15 is 0 Å². The van der Waals surface area contributed by atoms with Crippen molar-refractivity contribution in [2.75, 3.05) is 10.0 Å². The van der Waals surface area contributed by atoms with Crippen molar-refractivity contribution in [3.05, 3.63) is 76.8 Å². The second-order valence-electron chi connectivity index (χ2n) is 6.37. The fourth-order valence-corrected chi connectivity index (χ4v) is 4.34. The Morgan fingerprint density at radius 2 is 1.50 bits per heavy atom. The van der Waals surface area contributed by atoms with E-state index < -0.39 is 10.0 Å². The Balaban J connectivity index is 1.82. The maximum absolute atomic E-state index is 12.6. The number of halogens is 1. The van der Waals surface area contributed by atoms with Crippen molar-refractivity contribution >= 4 is 43.2 Å². The average Bonchev–Trinajstić information content (AvgIpc) is 2.64. The molecule has 0 bridgehead atoms. The maximum Gasteiger partial charge on any atom is 0.261 e. The number of carbonyl (C=O) groups excluding carboxylic acids is 1. The van der Waals surface area contributed by atoms with E-state index in [0.29, 0.717) is 10.2 Å². The third-order valence-electron chi connectivity index (χ3n) is 4.08. The van der Waals surface area contributed by atoms with Gasteiger partial charge in [0.2, 0.25) is 5.91 Å². The highest BCUT2D eigenvalue weighted by atomic mass is 79.9. The molecule has 2 N–H and O–H groups in total. The lowest BCUT2D eigenvalue weighted by Gasteiger charge is -2.12. The van der Waals surface area contributed by atoms with Crippen LogP contribution in [0.15, 0.2) is 76.1 Å². The summed E-state index contributed by atoms with van der Waals surface area (Å²) in [5.41, 5.74) is 4.04. The Hall–Kier alpha value is -2.64. The first-order chi connectivity index (χ1) is 13.2. The second kappa shape index (κ2) is 8.16. The van der Waals surface area contributed by atoms with Gasteiger partial charge in [-0.15, -0.1) is 0 Å². The quantitative estimate of drug-likeness (QED) is 0.552. The fraction of sp³-hybridized carbons (Fsp3) is 0.0952. The van der Waals surface area contributed by atoms with Crippen LogP contribution in [0.5, 0.6) is 0 Å². The molecule has 0 aliphatic heterocycles. The smallest absolute Gasteiger partial charge is 0.261 e. The fourth-order valence-electron chi connectivity index (χ4n) is 2.65. The SMILES string of the molecule is CC(=O)Nc1ccc(-c2ccc(NS(=O)(=O)c3ccc(C)cc3)c(Br)c2)cc1. The van der Waals surface area contributed by atoms with E-state index in [0.717, 1.165) is 22.4 Å². The molecule has 3 aromatic rings. The number of benzene rings is 3. The van der Waals surface area contributed by atoms with Crippen molar-refractivity contribution in [3.63, 3.8) is 0 Å². The van der Waals surface area contributed by atoms with Gasteiger partial charge in [-0.25, -0.2) is 8.42 Å². The minimum Gasteiger partial charge on any atom is -0.326 e. The molecular weight excluding hydrogens is 440 g/mol. The first-order valence-corrected chi connectivity index (χ1v) is 10.8. The van der Waals surface area contributed by atoms with Gasteiger partial charge in [-0.2, -0.15) is 0 Å². The van der Waals surface area contributed by atoms with Gasteiger partial charge >= 0.3 is 0 Å². The second-order valence-corrected chi connectivity index (χ2v) is 8.91. The summed E-state index contributed by atoms with van der Waals surface area (Å²) in [6.07, 6.45) is 0. The largest absolute Gasteiger partial charge is 0.326 e. The molecule has 0 atom stereocenters. The zero-order valence-electron chi connectivity index (χ0n) is 15.4. The van der Waals surface area contributed by atoms with Crippen LogP contribution in [0, 0.1) is 6.92 Å². The highest BCUT2D eigenvalue weighted by Crippen LogP contribution is 2.31. The van der Waals surface area contributed by atoms with Gasteiger partial charge in [0.1, 0.15) is 0 Å². The number of nitrogens with one attached hydrogen (secondary N) is 2. The topological polar surface area (TPSA) is 75.3 Å². The standard InChI is InChI=1S/C21H19BrN2O3S/c1-14-3-10-19(11-4-14)28(26,27)24-21-12-7-17(13-20(21)22)16-5-8-18(9-6-16)23-15(2)25/h3-13,24H,1-2H3,(H,23,25). The molecule has 0 aliphatic carbocycles. The Morgan fingerprint density at radius 3 is 2.07 bits per heavy atom. The molecule has 0 saturated carbocycles. The van der Waals surface area contributed by atoms with E-state index in [1.807, 2.05) is 43.3 Å². The highest BCUT2D eigenvalue weighted by Gasteiger charge is 2.15. The molecule has 3 aromatic carbocycles. The van der Waals surface area contributed by atoms with Crippen molar-refractivity contribution in [1.29, 1.82) is 0 Å². The van der Waals surface area contributed by atoms with Gasteiger partial charge in [-0.3, -0.25) is 9.52 Å². The van der Waals surface area contributed by atoms with Crippen LogP contribution in [0.25, 0.3) is 11.1 Å². The van der Waals surface area contributed by atoms with Gasteiger partial charge in [0, 0.05) is 17.1 Å². The Bertz CT molecular complexity index is 1110. The summed E-state index contributed by atoms with van der Waals surface area (Å²) in [5, 5.41) is 2.72. The summed E-state index contributed by atoms with van der Waals surface area (Å²) in [5.74, 6) is -0.124. The molecule has 144 valence electrons. The molecule has 28 heavy (non-hydrogen) atoms. The molecule has 0 aliphatic rings. The summed E-state index contributed by atoms with van der Waals surface area (Å²) in [6.45, 7) is 3.36. The van der Waals surface area contributed by atoms with Crippen molar-refractivity contribution in [3.8, 4) is 11.1 Å². The van der Waals surface area contributed by atoms with Crippen LogP contribution in [-0.4, -0.2) is 14.3 Å². The summed E-state index contributed by atoms with van der Waals surface area (Å²) in [7, 11) is -3.67. The van der Waals surface area contributed by atoms with Gasteiger partial charge in [0.25, 0.3) is 10.0 Å². The third kappa shape index (κ3) is 4.79. The lowest BCUT2D eigenvalue weighted by Crippen LogP contribution is -2.13. The first-order valence-electron chi connectivity index (χ1n) is 8.52. The molecule has 3 rings (SSSR count).